The van der Waals surface area contributed by atoms with Crippen LogP contribution >= 0.6 is 22.7 Å². The van der Waals surface area contributed by atoms with Crippen molar-refractivity contribution in [1.82, 2.24) is 39.0 Å². The van der Waals surface area contributed by atoms with Crippen LogP contribution in [0.2, 0.25) is 0 Å². The van der Waals surface area contributed by atoms with Crippen LogP contribution in [0.5, 0.6) is 0 Å². The van der Waals surface area contributed by atoms with E-state index in [-0.39, 0.29) is 23.2 Å². The number of fused-ring (bicyclic) bond motifs is 6. The van der Waals surface area contributed by atoms with Gasteiger partial charge < -0.3 is 10.6 Å². The molecule has 0 amide bonds. The number of nitrogens with one attached hydrogen (secondary N) is 2. The average Bonchev–Trinajstić information content (AvgIpc) is 3.46. The van der Waals surface area contributed by atoms with Gasteiger partial charge in [-0.25, -0.2) is 29.9 Å². The molecule has 0 spiro atoms. The molecule has 0 aliphatic carbocycles. The lowest BCUT2D eigenvalue weighted by Gasteiger charge is -2.18. The molecular formula is C25H26N10O2S2. The average molecular weight is 563 g/mol. The molecule has 6 aromatic heterocycles. The predicted octanol–water partition coefficient (Wildman–Crippen LogP) is 3.85. The molecule has 39 heavy (non-hydrogen) atoms. The maximum absolute atomic E-state index is 13.6. The second kappa shape index (κ2) is 9.93. The van der Waals surface area contributed by atoms with Crippen molar-refractivity contribution in [3.05, 3.63) is 45.5 Å². The molecule has 0 atom stereocenters. The van der Waals surface area contributed by atoms with Crippen LogP contribution in [0.3, 0.4) is 0 Å². The Balaban J connectivity index is 1.39. The topological polar surface area (TPSA) is 145 Å². The van der Waals surface area contributed by atoms with Gasteiger partial charge in [0.05, 0.1) is 0 Å². The molecule has 0 unspecified atom stereocenters. The second-order valence-corrected chi connectivity index (χ2v) is 11.7. The zero-order valence-electron chi connectivity index (χ0n) is 21.8. The van der Waals surface area contributed by atoms with Gasteiger partial charge >= 0.3 is 0 Å². The highest BCUT2D eigenvalue weighted by Crippen LogP contribution is 2.29. The maximum atomic E-state index is 13.6. The van der Waals surface area contributed by atoms with Crippen LogP contribution in [-0.4, -0.2) is 51.1 Å². The monoisotopic (exact) mass is 562 g/mol. The Morgan fingerprint density at radius 1 is 0.667 bits per heavy atom. The third-order valence-electron chi connectivity index (χ3n) is 6.03. The van der Waals surface area contributed by atoms with Gasteiger partial charge in [-0.05, 0) is 34.1 Å². The van der Waals surface area contributed by atoms with Gasteiger partial charge in [0.15, 0.2) is 0 Å². The maximum Gasteiger partial charge on any atom is 0.273 e. The third kappa shape index (κ3) is 4.48. The van der Waals surface area contributed by atoms with Crippen molar-refractivity contribution in [2.45, 2.75) is 59.3 Å². The predicted molar refractivity (Wildman–Crippen MR) is 156 cm³/mol. The Kier molecular flexibility index (Phi) is 6.43. The van der Waals surface area contributed by atoms with Gasteiger partial charge in [-0.15, -0.1) is 22.7 Å². The number of thiophene rings is 2. The number of hydrogen-bond acceptors (Lipinski definition) is 12. The molecule has 2 N–H and O–H groups in total. The molecule has 0 fully saturated rings. The molecule has 0 radical (unpaired) electrons. The molecule has 0 bridgehead atoms. The minimum atomic E-state index is -0.156. The molecule has 0 saturated heterocycles. The van der Waals surface area contributed by atoms with E-state index in [2.05, 4.69) is 30.6 Å². The summed E-state index contributed by atoms with van der Waals surface area (Å²) in [4.78, 5) is 55.7. The zero-order valence-corrected chi connectivity index (χ0v) is 23.4. The highest BCUT2D eigenvalue weighted by atomic mass is 32.1. The zero-order chi connectivity index (χ0) is 27.3. The standard InChI is InChI=1S/C25H26N10O2S2/c1-12(2)30-24-32-14-16-20(28-8-6-26-16)38-18(14)22(36)34(24)10-5-11-35-23(37)19-15(33-25(35)31-13(3)4)17-21(39-19)29-9-7-27-17/h6-9,12-13H,5,10-11H2,1-4H3,(H,30,32)(H,31,33). The lowest BCUT2D eigenvalue weighted by atomic mass is 10.3. The summed E-state index contributed by atoms with van der Waals surface area (Å²) in [6.45, 7) is 8.67. The smallest absolute Gasteiger partial charge is 0.273 e. The van der Waals surface area contributed by atoms with Gasteiger partial charge in [0.1, 0.15) is 41.1 Å². The van der Waals surface area contributed by atoms with Crippen LogP contribution in [0, 0.1) is 0 Å². The molecule has 0 aliphatic heterocycles. The van der Waals surface area contributed by atoms with Crippen molar-refractivity contribution in [3.63, 3.8) is 0 Å². The Hall–Kier alpha value is -4.04. The first kappa shape index (κ1) is 25.2. The molecular weight excluding hydrogens is 536 g/mol. The highest BCUT2D eigenvalue weighted by molar-refractivity contribution is 7.25. The summed E-state index contributed by atoms with van der Waals surface area (Å²) in [6.07, 6.45) is 6.92. The molecule has 6 heterocycles. The van der Waals surface area contributed by atoms with Gasteiger partial charge in [-0.1, -0.05) is 0 Å². The summed E-state index contributed by atoms with van der Waals surface area (Å²) in [5, 5.41) is 6.60. The molecule has 0 aliphatic rings. The van der Waals surface area contributed by atoms with Gasteiger partial charge in [-0.3, -0.25) is 18.7 Å². The first-order chi connectivity index (χ1) is 18.8. The van der Waals surface area contributed by atoms with Crippen molar-refractivity contribution in [2.75, 3.05) is 10.6 Å². The largest absolute Gasteiger partial charge is 0.353 e. The molecule has 200 valence electrons. The van der Waals surface area contributed by atoms with Crippen molar-refractivity contribution in [2.24, 2.45) is 0 Å². The number of aromatic nitrogens is 8. The number of anilines is 2. The van der Waals surface area contributed by atoms with Crippen LogP contribution in [0.25, 0.3) is 41.1 Å². The van der Waals surface area contributed by atoms with Crippen LogP contribution in [0.4, 0.5) is 11.9 Å². The lowest BCUT2D eigenvalue weighted by molar-refractivity contribution is 0.543. The van der Waals surface area contributed by atoms with E-state index in [1.807, 2.05) is 27.7 Å². The quantitative estimate of drug-likeness (QED) is 0.280. The number of rotatable bonds is 8. The van der Waals surface area contributed by atoms with Crippen molar-refractivity contribution in [3.8, 4) is 0 Å². The Bertz CT molecular complexity index is 1830. The first-order valence-corrected chi connectivity index (χ1v) is 14.3. The summed E-state index contributed by atoms with van der Waals surface area (Å²) in [7, 11) is 0. The third-order valence-corrected chi connectivity index (χ3v) is 8.16. The summed E-state index contributed by atoms with van der Waals surface area (Å²) < 4.78 is 4.30. The summed E-state index contributed by atoms with van der Waals surface area (Å²) in [5.41, 5.74) is 2.03. The van der Waals surface area contributed by atoms with E-state index in [0.29, 0.717) is 72.5 Å². The van der Waals surface area contributed by atoms with Gasteiger partial charge in [0.2, 0.25) is 11.9 Å². The van der Waals surface area contributed by atoms with E-state index in [1.54, 1.807) is 33.9 Å². The van der Waals surface area contributed by atoms with Crippen LogP contribution in [0.15, 0.2) is 34.4 Å². The Morgan fingerprint density at radius 2 is 1.08 bits per heavy atom. The van der Waals surface area contributed by atoms with Crippen LogP contribution < -0.4 is 21.8 Å². The van der Waals surface area contributed by atoms with E-state index in [9.17, 15) is 9.59 Å². The summed E-state index contributed by atoms with van der Waals surface area (Å²) >= 11 is 2.58. The highest BCUT2D eigenvalue weighted by Gasteiger charge is 2.20. The van der Waals surface area contributed by atoms with E-state index >= 15 is 0 Å². The molecule has 6 aromatic rings. The van der Waals surface area contributed by atoms with Gasteiger partial charge in [0.25, 0.3) is 11.1 Å². The molecule has 14 heteroatoms. The minimum absolute atomic E-state index is 0.0582. The van der Waals surface area contributed by atoms with Crippen LogP contribution in [-0.2, 0) is 13.1 Å². The fourth-order valence-electron chi connectivity index (χ4n) is 4.44. The molecule has 0 aromatic carbocycles. The molecule has 0 saturated carbocycles. The van der Waals surface area contributed by atoms with Crippen molar-refractivity contribution in [1.29, 1.82) is 0 Å². The van der Waals surface area contributed by atoms with E-state index < -0.39 is 0 Å². The van der Waals surface area contributed by atoms with Crippen LogP contribution in [0.1, 0.15) is 34.1 Å². The van der Waals surface area contributed by atoms with Gasteiger partial charge in [0, 0.05) is 50.0 Å². The van der Waals surface area contributed by atoms with E-state index in [0.717, 1.165) is 0 Å². The van der Waals surface area contributed by atoms with Crippen molar-refractivity contribution < 1.29 is 0 Å². The molecule has 12 nitrogen and oxygen atoms in total. The number of hydrogen-bond donors (Lipinski definition) is 2. The Labute approximate surface area is 229 Å². The Morgan fingerprint density at radius 3 is 1.49 bits per heavy atom. The molecule has 6 rings (SSSR count). The normalized spacial score (nSPS) is 12.1. The second-order valence-electron chi connectivity index (χ2n) is 9.72. The fourth-order valence-corrected chi connectivity index (χ4v) is 6.41. The SMILES string of the molecule is CC(C)Nc1nc2c(sc3nccnc32)c(=O)n1CCCn1c(NC(C)C)nc2c(sc3nccnc32)c1=O. The number of nitrogens with zero attached hydrogens (tertiary/aromatic N) is 8. The van der Waals surface area contributed by atoms with Crippen molar-refractivity contribution >= 4 is 75.7 Å². The summed E-state index contributed by atoms with van der Waals surface area (Å²) in [5.74, 6) is 0.937. The lowest BCUT2D eigenvalue weighted by Crippen LogP contribution is -2.29. The van der Waals surface area contributed by atoms with Gasteiger partial charge in [-0.2, -0.15) is 0 Å². The fraction of sp³-hybridized carbons (Fsp3) is 0.360. The summed E-state index contributed by atoms with van der Waals surface area (Å²) in [6, 6.07) is 0.116. The minimum Gasteiger partial charge on any atom is -0.353 e. The van der Waals surface area contributed by atoms with E-state index in [1.165, 1.54) is 22.7 Å². The first-order valence-electron chi connectivity index (χ1n) is 12.6. The van der Waals surface area contributed by atoms with E-state index in [4.69, 9.17) is 9.97 Å².